The van der Waals surface area contributed by atoms with E-state index in [4.69, 9.17) is 4.74 Å². The molecule has 30 heavy (non-hydrogen) atoms. The number of carboxylic acid groups (broad SMARTS) is 1. The fourth-order valence-corrected chi connectivity index (χ4v) is 3.59. The molecule has 5 nitrogen and oxygen atoms in total. The molecule has 2 aliphatic rings. The summed E-state index contributed by atoms with van der Waals surface area (Å²) >= 11 is 0. The summed E-state index contributed by atoms with van der Waals surface area (Å²) in [4.78, 5) is 23.7. The smallest absolute Gasteiger partial charge is 0.480 e. The highest BCUT2D eigenvalue weighted by atomic mass is 19.4. The first kappa shape index (κ1) is 23.8. The van der Waals surface area contributed by atoms with Crippen molar-refractivity contribution >= 4 is 11.8 Å². The summed E-state index contributed by atoms with van der Waals surface area (Å²) in [5, 5.41) is 9.27. The monoisotopic (exact) mass is 428 g/mol. The minimum Gasteiger partial charge on any atom is -0.480 e. The van der Waals surface area contributed by atoms with E-state index in [0.29, 0.717) is 18.6 Å². The number of carbonyl (C=O) groups is 2. The van der Waals surface area contributed by atoms with Gasteiger partial charge in [-0.05, 0) is 69.8 Å². The van der Waals surface area contributed by atoms with Gasteiger partial charge in [-0.15, -0.1) is 13.2 Å². The average molecular weight is 428 g/mol. The van der Waals surface area contributed by atoms with Crippen LogP contribution in [0.15, 0.2) is 47.5 Å². The number of carboxylic acids is 1. The van der Waals surface area contributed by atoms with Crippen LogP contribution in [0.4, 0.5) is 13.2 Å². The number of ether oxygens (including phenoxy) is 2. The Kier molecular flexibility index (Phi) is 7.21. The lowest BCUT2D eigenvalue weighted by molar-refractivity contribution is -0.303. The van der Waals surface area contributed by atoms with Gasteiger partial charge in [0.05, 0.1) is 5.76 Å². The highest BCUT2D eigenvalue weighted by molar-refractivity contribution is 5.93. The normalized spacial score (nSPS) is 25.3. The second kappa shape index (κ2) is 9.10. The van der Waals surface area contributed by atoms with Gasteiger partial charge >= 0.3 is 12.3 Å². The van der Waals surface area contributed by atoms with Crippen molar-refractivity contribution in [3.63, 3.8) is 0 Å². The maximum absolute atomic E-state index is 12.4. The van der Waals surface area contributed by atoms with E-state index in [-0.39, 0.29) is 29.8 Å². The first-order valence-electron chi connectivity index (χ1n) is 9.76. The average Bonchev–Trinajstić information content (AvgIpc) is 2.62. The third-order valence-corrected chi connectivity index (χ3v) is 5.17. The number of halogens is 3. The van der Waals surface area contributed by atoms with E-state index in [1.165, 1.54) is 32.1 Å². The molecule has 0 heterocycles. The molecule has 2 rings (SSSR count). The lowest BCUT2D eigenvalue weighted by Gasteiger charge is -2.33. The van der Waals surface area contributed by atoms with Gasteiger partial charge in [0, 0.05) is 11.8 Å². The van der Waals surface area contributed by atoms with Crippen molar-refractivity contribution in [1.82, 2.24) is 0 Å². The van der Waals surface area contributed by atoms with Crippen LogP contribution in [0.25, 0.3) is 0 Å². The van der Waals surface area contributed by atoms with E-state index in [1.54, 1.807) is 0 Å². The summed E-state index contributed by atoms with van der Waals surface area (Å²) < 4.78 is 46.3. The molecular formula is C22H27F3O5. The second-order valence-electron chi connectivity index (χ2n) is 8.28. The number of carbonyl (C=O) groups excluding carboxylic acids is 1. The molecule has 0 saturated carbocycles. The zero-order valence-corrected chi connectivity index (χ0v) is 17.5. The predicted molar refractivity (Wildman–Crippen MR) is 104 cm³/mol. The molecule has 0 aromatic rings. The van der Waals surface area contributed by atoms with E-state index in [0.717, 1.165) is 11.6 Å². The molecule has 166 valence electrons. The van der Waals surface area contributed by atoms with Crippen molar-refractivity contribution in [3.8, 4) is 0 Å². The van der Waals surface area contributed by atoms with Gasteiger partial charge in [0.15, 0.2) is 11.4 Å². The Hall–Kier alpha value is -2.51. The predicted octanol–water partition coefficient (Wildman–Crippen LogP) is 5.31. The quantitative estimate of drug-likeness (QED) is 0.557. The molecule has 0 aliphatic heterocycles. The number of aliphatic carboxylic acids is 1. The second-order valence-corrected chi connectivity index (χ2v) is 8.28. The van der Waals surface area contributed by atoms with Crippen molar-refractivity contribution in [2.75, 3.05) is 0 Å². The number of ketones is 1. The Bertz CT molecular complexity index is 802. The maximum Gasteiger partial charge on any atom is 0.573 e. The number of allylic oxidation sites excluding steroid dienone is 7. The van der Waals surface area contributed by atoms with Gasteiger partial charge < -0.3 is 14.6 Å². The molecule has 1 N–H and O–H groups in total. The number of alkyl halides is 3. The summed E-state index contributed by atoms with van der Waals surface area (Å²) in [5.74, 6) is -1.28. The van der Waals surface area contributed by atoms with Crippen LogP contribution < -0.4 is 0 Å². The molecule has 2 unspecified atom stereocenters. The fourth-order valence-electron chi connectivity index (χ4n) is 3.59. The van der Waals surface area contributed by atoms with Crippen LogP contribution in [-0.2, 0) is 19.1 Å². The van der Waals surface area contributed by atoms with E-state index >= 15 is 0 Å². The van der Waals surface area contributed by atoms with Crippen LogP contribution in [0.1, 0.15) is 47.0 Å². The molecule has 0 fully saturated rings. The number of rotatable bonds is 7. The van der Waals surface area contributed by atoms with Gasteiger partial charge in [0.25, 0.3) is 0 Å². The highest BCUT2D eigenvalue weighted by Gasteiger charge is 2.35. The van der Waals surface area contributed by atoms with Crippen molar-refractivity contribution in [2.24, 2.45) is 17.8 Å². The van der Waals surface area contributed by atoms with E-state index in [2.05, 4.69) is 4.74 Å². The minimum atomic E-state index is -4.75. The Balaban J connectivity index is 1.96. The van der Waals surface area contributed by atoms with Crippen LogP contribution in [-0.4, -0.2) is 28.8 Å². The maximum atomic E-state index is 12.4. The highest BCUT2D eigenvalue weighted by Crippen LogP contribution is 2.37. The lowest BCUT2D eigenvalue weighted by Crippen LogP contribution is -2.36. The van der Waals surface area contributed by atoms with Gasteiger partial charge in [-0.25, -0.2) is 4.79 Å². The van der Waals surface area contributed by atoms with E-state index in [1.807, 2.05) is 19.9 Å². The van der Waals surface area contributed by atoms with Gasteiger partial charge in [0.1, 0.15) is 5.76 Å². The van der Waals surface area contributed by atoms with Crippen LogP contribution >= 0.6 is 0 Å². The van der Waals surface area contributed by atoms with Crippen LogP contribution in [0.3, 0.4) is 0 Å². The molecule has 8 heteroatoms. The van der Waals surface area contributed by atoms with Gasteiger partial charge in [-0.2, -0.15) is 0 Å². The molecule has 2 aliphatic carbocycles. The summed E-state index contributed by atoms with van der Waals surface area (Å²) in [6, 6.07) is 0. The minimum absolute atomic E-state index is 0.00159. The molecule has 0 saturated heterocycles. The fraction of sp³-hybridized carbons (Fsp3) is 0.545. The van der Waals surface area contributed by atoms with Crippen molar-refractivity contribution < 1.29 is 37.3 Å². The largest absolute Gasteiger partial charge is 0.573 e. The first-order chi connectivity index (χ1) is 13.8. The van der Waals surface area contributed by atoms with Crippen LogP contribution in [0, 0.1) is 17.8 Å². The SMILES string of the molecule is CC1=C(OC(C)(C)C(=O)O)[C@H](C)CC(/C=C/C(=O)C2C=CC(OC(F)(F)F)=CC2)C1. The topological polar surface area (TPSA) is 72.8 Å². The molecule has 0 aromatic heterocycles. The van der Waals surface area contributed by atoms with Gasteiger partial charge in [0.2, 0.25) is 0 Å². The Labute approximate surface area is 173 Å². The van der Waals surface area contributed by atoms with E-state index < -0.39 is 23.9 Å². The molecule has 0 bridgehead atoms. The first-order valence-corrected chi connectivity index (χ1v) is 9.76. The molecule has 0 amide bonds. The van der Waals surface area contributed by atoms with Crippen molar-refractivity contribution in [1.29, 1.82) is 0 Å². The number of hydrogen-bond acceptors (Lipinski definition) is 4. The van der Waals surface area contributed by atoms with Crippen molar-refractivity contribution in [2.45, 2.75) is 58.9 Å². The molecule has 0 aromatic carbocycles. The van der Waals surface area contributed by atoms with Crippen molar-refractivity contribution in [3.05, 3.63) is 47.5 Å². The summed E-state index contributed by atoms with van der Waals surface area (Å²) in [6.45, 7) is 6.85. The Morgan fingerprint density at radius 2 is 1.90 bits per heavy atom. The molecule has 0 radical (unpaired) electrons. The lowest BCUT2D eigenvalue weighted by atomic mass is 9.81. The standard InChI is InChI=1S/C22H27F3O5/c1-13-11-15(12-14(2)19(13)30-21(3,4)20(27)28)5-10-18(26)16-6-8-17(9-7-16)29-22(23,24)25/h5-6,8-10,13,15-16H,7,11-12H2,1-4H3,(H,27,28)/b10-5+/t13-,15?,16?/m1/s1. The van der Waals surface area contributed by atoms with Gasteiger partial charge in [-0.3, -0.25) is 4.79 Å². The zero-order chi connectivity index (χ0) is 22.7. The molecule has 0 spiro atoms. The van der Waals surface area contributed by atoms with Crippen LogP contribution in [0.5, 0.6) is 0 Å². The third-order valence-electron chi connectivity index (χ3n) is 5.17. The Morgan fingerprint density at radius 3 is 2.40 bits per heavy atom. The summed E-state index contributed by atoms with van der Waals surface area (Å²) in [5.41, 5.74) is -0.376. The third kappa shape index (κ3) is 6.50. The summed E-state index contributed by atoms with van der Waals surface area (Å²) in [6.07, 6.45) is 3.88. The van der Waals surface area contributed by atoms with Gasteiger partial charge in [-0.1, -0.05) is 19.1 Å². The molecular weight excluding hydrogens is 401 g/mol. The Morgan fingerprint density at radius 1 is 1.23 bits per heavy atom. The summed E-state index contributed by atoms with van der Waals surface area (Å²) in [7, 11) is 0. The number of hydrogen-bond donors (Lipinski definition) is 1. The van der Waals surface area contributed by atoms with E-state index in [9.17, 15) is 27.9 Å². The molecule has 3 atom stereocenters. The zero-order valence-electron chi connectivity index (χ0n) is 17.5. The van der Waals surface area contributed by atoms with Crippen LogP contribution in [0.2, 0.25) is 0 Å².